The monoisotopic (exact) mass is 326 g/mol. The number of hydrogen-bond donors (Lipinski definition) is 1. The molecule has 0 saturated carbocycles. The maximum Gasteiger partial charge on any atom is 0.417 e. The van der Waals surface area contributed by atoms with Gasteiger partial charge in [0.05, 0.1) is 10.6 Å². The maximum absolute atomic E-state index is 12.5. The zero-order valence-electron chi connectivity index (χ0n) is 11.6. The molecule has 0 aromatic carbocycles. The van der Waals surface area contributed by atoms with Crippen LogP contribution >= 0.6 is 23.4 Å². The number of alkyl halides is 3. The summed E-state index contributed by atoms with van der Waals surface area (Å²) in [6, 6.07) is 0.917. The van der Waals surface area contributed by atoms with Crippen molar-refractivity contribution in [1.82, 2.24) is 10.3 Å². The van der Waals surface area contributed by atoms with Gasteiger partial charge in [0.15, 0.2) is 0 Å². The molecule has 0 amide bonds. The smallest absolute Gasteiger partial charge is 0.311 e. The molecule has 0 aliphatic carbocycles. The summed E-state index contributed by atoms with van der Waals surface area (Å²) >= 11 is 7.17. The van der Waals surface area contributed by atoms with Gasteiger partial charge in [0.25, 0.3) is 0 Å². The number of halogens is 4. The average Bonchev–Trinajstić information content (AvgIpc) is 2.35. The van der Waals surface area contributed by atoms with E-state index < -0.39 is 11.7 Å². The lowest BCUT2D eigenvalue weighted by molar-refractivity contribution is -0.137. The Hall–Kier alpha value is -0.460. The molecule has 1 aromatic heterocycles. The van der Waals surface area contributed by atoms with E-state index in [1.165, 1.54) is 11.8 Å². The van der Waals surface area contributed by atoms with Crippen LogP contribution in [-0.4, -0.2) is 22.8 Å². The molecule has 0 spiro atoms. The Kier molecular flexibility index (Phi) is 6.16. The first kappa shape index (κ1) is 17.6. The van der Waals surface area contributed by atoms with Crippen LogP contribution in [0.25, 0.3) is 0 Å². The minimum Gasteiger partial charge on any atom is -0.311 e. The van der Waals surface area contributed by atoms with Crippen LogP contribution in [0.3, 0.4) is 0 Å². The van der Waals surface area contributed by atoms with Crippen LogP contribution in [0.1, 0.15) is 32.8 Å². The third-order valence-corrected chi connectivity index (χ3v) is 4.37. The first-order chi connectivity index (χ1) is 9.15. The molecular weight excluding hydrogens is 309 g/mol. The van der Waals surface area contributed by atoms with Gasteiger partial charge < -0.3 is 5.32 Å². The molecule has 0 atom stereocenters. The highest BCUT2D eigenvalue weighted by molar-refractivity contribution is 7.99. The van der Waals surface area contributed by atoms with E-state index in [9.17, 15) is 13.2 Å². The lowest BCUT2D eigenvalue weighted by atomic mass is 10.0. The van der Waals surface area contributed by atoms with E-state index in [4.69, 9.17) is 11.6 Å². The predicted octanol–water partition coefficient (Wildman–Crippen LogP) is 4.62. The van der Waals surface area contributed by atoms with E-state index in [1.54, 1.807) is 0 Å². The van der Waals surface area contributed by atoms with Crippen LogP contribution in [0.4, 0.5) is 13.2 Å². The molecule has 1 heterocycles. The number of nitrogens with one attached hydrogen (secondary N) is 1. The Balaban J connectivity index is 2.54. The van der Waals surface area contributed by atoms with Gasteiger partial charge in [-0.1, -0.05) is 18.5 Å². The number of hydrogen-bond acceptors (Lipinski definition) is 3. The Morgan fingerprint density at radius 3 is 2.50 bits per heavy atom. The van der Waals surface area contributed by atoms with Crippen LogP contribution in [0.15, 0.2) is 17.3 Å². The summed E-state index contributed by atoms with van der Waals surface area (Å²) in [4.78, 5) is 3.78. The fourth-order valence-corrected chi connectivity index (χ4v) is 2.40. The van der Waals surface area contributed by atoms with Crippen molar-refractivity contribution < 1.29 is 13.2 Å². The van der Waals surface area contributed by atoms with E-state index in [-0.39, 0.29) is 10.6 Å². The number of nitrogens with zero attached hydrogens (tertiary/aromatic N) is 1. The summed E-state index contributed by atoms with van der Waals surface area (Å²) in [5.74, 6) is 0.696. The zero-order valence-corrected chi connectivity index (χ0v) is 13.2. The van der Waals surface area contributed by atoms with Crippen molar-refractivity contribution in [2.45, 2.75) is 43.9 Å². The highest BCUT2D eigenvalue weighted by atomic mass is 35.5. The molecule has 0 unspecified atom stereocenters. The summed E-state index contributed by atoms with van der Waals surface area (Å²) in [6.45, 7) is 7.03. The van der Waals surface area contributed by atoms with Gasteiger partial charge >= 0.3 is 6.18 Å². The number of thioether (sulfide) groups is 1. The van der Waals surface area contributed by atoms with Crippen molar-refractivity contribution in [3.63, 3.8) is 0 Å². The molecule has 0 aliphatic heterocycles. The summed E-state index contributed by atoms with van der Waals surface area (Å²) in [7, 11) is 0. The normalized spacial score (nSPS) is 12.8. The third kappa shape index (κ3) is 5.50. The second kappa shape index (κ2) is 7.00. The highest BCUT2D eigenvalue weighted by Crippen LogP contribution is 2.33. The summed E-state index contributed by atoms with van der Waals surface area (Å²) < 4.78 is 37.4. The molecule has 0 fully saturated rings. The molecule has 0 radical (unpaired) electrons. The van der Waals surface area contributed by atoms with Gasteiger partial charge in [-0.15, -0.1) is 11.8 Å². The van der Waals surface area contributed by atoms with Gasteiger partial charge in [-0.2, -0.15) is 13.2 Å². The van der Waals surface area contributed by atoms with Crippen molar-refractivity contribution in [2.24, 2.45) is 0 Å². The van der Waals surface area contributed by atoms with E-state index in [0.29, 0.717) is 10.8 Å². The van der Waals surface area contributed by atoms with E-state index >= 15 is 0 Å². The molecule has 0 aliphatic rings. The minimum absolute atomic E-state index is 0.0413. The van der Waals surface area contributed by atoms with Crippen LogP contribution < -0.4 is 5.32 Å². The molecule has 1 rings (SSSR count). The first-order valence-electron chi connectivity index (χ1n) is 6.26. The fourth-order valence-electron chi connectivity index (χ4n) is 1.35. The van der Waals surface area contributed by atoms with Crippen molar-refractivity contribution in [3.05, 3.63) is 22.8 Å². The topological polar surface area (TPSA) is 24.9 Å². The number of pyridine rings is 1. The van der Waals surface area contributed by atoms with Crippen molar-refractivity contribution in [1.29, 1.82) is 0 Å². The van der Waals surface area contributed by atoms with Crippen molar-refractivity contribution >= 4 is 23.4 Å². The van der Waals surface area contributed by atoms with Crippen LogP contribution in [0.2, 0.25) is 5.02 Å². The van der Waals surface area contributed by atoms with Gasteiger partial charge in [-0.25, -0.2) is 4.98 Å². The Bertz CT molecular complexity index is 450. The minimum atomic E-state index is -4.41. The summed E-state index contributed by atoms with van der Waals surface area (Å²) in [5, 5.41) is 3.83. The van der Waals surface area contributed by atoms with E-state index in [1.807, 2.05) is 0 Å². The second-order valence-electron chi connectivity index (χ2n) is 5.02. The molecule has 1 aromatic rings. The highest BCUT2D eigenvalue weighted by Gasteiger charge is 2.31. The lowest BCUT2D eigenvalue weighted by Crippen LogP contribution is -2.39. The second-order valence-corrected chi connectivity index (χ2v) is 6.51. The Morgan fingerprint density at radius 2 is 2.00 bits per heavy atom. The van der Waals surface area contributed by atoms with E-state index in [0.717, 1.165) is 25.2 Å². The molecule has 1 N–H and O–H groups in total. The maximum atomic E-state index is 12.5. The van der Waals surface area contributed by atoms with Crippen molar-refractivity contribution in [2.75, 3.05) is 12.3 Å². The van der Waals surface area contributed by atoms with E-state index in [2.05, 4.69) is 31.1 Å². The number of aromatic nitrogens is 1. The largest absolute Gasteiger partial charge is 0.417 e. The average molecular weight is 327 g/mol. The molecular formula is C13H18ClF3N2S. The van der Waals surface area contributed by atoms with Gasteiger partial charge in [-0.3, -0.25) is 0 Å². The lowest BCUT2D eigenvalue weighted by Gasteiger charge is -2.24. The standard InChI is InChI=1S/C13H18ClF3N2S/c1-4-12(2,3)19-5-6-20-11-10(14)7-9(8-18-11)13(15,16)17/h7-8,19H,4-6H2,1-3H3. The van der Waals surface area contributed by atoms with Gasteiger partial charge in [0.1, 0.15) is 5.03 Å². The summed E-state index contributed by atoms with van der Waals surface area (Å²) in [5.41, 5.74) is -0.769. The van der Waals surface area contributed by atoms with Crippen molar-refractivity contribution in [3.8, 4) is 0 Å². The predicted molar refractivity (Wildman–Crippen MR) is 77.3 cm³/mol. The fraction of sp³-hybridized carbons (Fsp3) is 0.615. The molecule has 0 saturated heterocycles. The zero-order chi connectivity index (χ0) is 15.4. The van der Waals surface area contributed by atoms with Crippen LogP contribution in [0.5, 0.6) is 0 Å². The quantitative estimate of drug-likeness (QED) is 0.609. The number of rotatable bonds is 6. The molecule has 2 nitrogen and oxygen atoms in total. The van der Waals surface area contributed by atoms with Crippen LogP contribution in [0, 0.1) is 0 Å². The van der Waals surface area contributed by atoms with Gasteiger partial charge in [0.2, 0.25) is 0 Å². The van der Waals surface area contributed by atoms with Gasteiger partial charge in [0, 0.05) is 24.0 Å². The SMILES string of the molecule is CCC(C)(C)NCCSc1ncc(C(F)(F)F)cc1Cl. The molecule has 0 bridgehead atoms. The first-order valence-corrected chi connectivity index (χ1v) is 7.62. The summed E-state index contributed by atoms with van der Waals surface area (Å²) in [6.07, 6.45) is -2.60. The molecule has 7 heteroatoms. The van der Waals surface area contributed by atoms with Crippen LogP contribution in [-0.2, 0) is 6.18 Å². The Labute approximate surface area is 126 Å². The third-order valence-electron chi connectivity index (χ3n) is 2.96. The van der Waals surface area contributed by atoms with Gasteiger partial charge in [-0.05, 0) is 26.3 Å². The molecule has 20 heavy (non-hydrogen) atoms. The Morgan fingerprint density at radius 1 is 1.35 bits per heavy atom. The molecule has 114 valence electrons.